The first-order valence-electron chi connectivity index (χ1n) is 4.34. The van der Waals surface area contributed by atoms with E-state index in [0.29, 0.717) is 6.42 Å². The molecule has 1 heterocycles. The number of rotatable bonds is 4. The van der Waals surface area contributed by atoms with E-state index in [4.69, 9.17) is 11.0 Å². The highest BCUT2D eigenvalue weighted by Crippen LogP contribution is 2.18. The van der Waals surface area contributed by atoms with Crippen LogP contribution >= 0.6 is 11.3 Å². The SMILES string of the molecule is CCCC(N)c1csc(CC#N)n1. The van der Waals surface area contributed by atoms with Crippen molar-refractivity contribution in [2.24, 2.45) is 5.73 Å². The van der Waals surface area contributed by atoms with Crippen LogP contribution in [0.5, 0.6) is 0 Å². The lowest BCUT2D eigenvalue weighted by Gasteiger charge is -2.05. The summed E-state index contributed by atoms with van der Waals surface area (Å²) in [6.07, 6.45) is 2.41. The summed E-state index contributed by atoms with van der Waals surface area (Å²) in [6, 6.07) is 2.11. The van der Waals surface area contributed by atoms with E-state index in [1.54, 1.807) is 0 Å². The van der Waals surface area contributed by atoms with Crippen LogP contribution in [0.2, 0.25) is 0 Å². The summed E-state index contributed by atoms with van der Waals surface area (Å²) in [6.45, 7) is 2.10. The summed E-state index contributed by atoms with van der Waals surface area (Å²) in [4.78, 5) is 4.29. The van der Waals surface area contributed by atoms with Crippen LogP contribution in [0.15, 0.2) is 5.38 Å². The van der Waals surface area contributed by atoms with E-state index in [2.05, 4.69) is 18.0 Å². The predicted octanol–water partition coefficient (Wildman–Crippen LogP) is 2.01. The molecule has 13 heavy (non-hydrogen) atoms. The van der Waals surface area contributed by atoms with Gasteiger partial charge in [-0.2, -0.15) is 5.26 Å². The molecule has 1 aromatic heterocycles. The fraction of sp³-hybridized carbons (Fsp3) is 0.556. The van der Waals surface area contributed by atoms with Gasteiger partial charge in [0.15, 0.2) is 0 Å². The van der Waals surface area contributed by atoms with Crippen LogP contribution in [0.25, 0.3) is 0 Å². The minimum Gasteiger partial charge on any atom is -0.323 e. The second-order valence-electron chi connectivity index (χ2n) is 2.90. The number of aromatic nitrogens is 1. The average Bonchev–Trinajstić information content (AvgIpc) is 2.54. The molecule has 0 radical (unpaired) electrons. The van der Waals surface area contributed by atoms with Crippen LogP contribution in [0.1, 0.15) is 36.5 Å². The van der Waals surface area contributed by atoms with Gasteiger partial charge in [-0.25, -0.2) is 4.98 Å². The molecule has 4 heteroatoms. The van der Waals surface area contributed by atoms with E-state index >= 15 is 0 Å². The second-order valence-corrected chi connectivity index (χ2v) is 3.84. The third-order valence-electron chi connectivity index (χ3n) is 1.78. The summed E-state index contributed by atoms with van der Waals surface area (Å²) in [5.74, 6) is 0. The summed E-state index contributed by atoms with van der Waals surface area (Å²) < 4.78 is 0. The Morgan fingerprint density at radius 3 is 3.15 bits per heavy atom. The molecule has 3 nitrogen and oxygen atoms in total. The number of thiazole rings is 1. The van der Waals surface area contributed by atoms with Gasteiger partial charge in [-0.3, -0.25) is 0 Å². The summed E-state index contributed by atoms with van der Waals surface area (Å²) in [5, 5.41) is 11.3. The van der Waals surface area contributed by atoms with Gasteiger partial charge in [0.2, 0.25) is 0 Å². The molecule has 0 spiro atoms. The molecule has 1 unspecified atom stereocenters. The highest BCUT2D eigenvalue weighted by atomic mass is 32.1. The monoisotopic (exact) mass is 195 g/mol. The number of nitrogens with zero attached hydrogens (tertiary/aromatic N) is 2. The van der Waals surface area contributed by atoms with Crippen molar-refractivity contribution in [3.8, 4) is 6.07 Å². The molecule has 0 saturated heterocycles. The van der Waals surface area contributed by atoms with Crippen molar-refractivity contribution in [1.82, 2.24) is 4.98 Å². The summed E-state index contributed by atoms with van der Waals surface area (Å²) in [5.41, 5.74) is 6.80. The first-order chi connectivity index (χ1) is 6.27. The predicted molar refractivity (Wildman–Crippen MR) is 53.3 cm³/mol. The highest BCUT2D eigenvalue weighted by Gasteiger charge is 2.08. The quantitative estimate of drug-likeness (QED) is 0.799. The maximum atomic E-state index is 8.46. The van der Waals surface area contributed by atoms with Gasteiger partial charge in [-0.05, 0) is 6.42 Å². The normalized spacial score (nSPS) is 12.4. The maximum absolute atomic E-state index is 8.46. The summed E-state index contributed by atoms with van der Waals surface area (Å²) >= 11 is 1.51. The van der Waals surface area contributed by atoms with Gasteiger partial charge in [0.1, 0.15) is 5.01 Å². The van der Waals surface area contributed by atoms with Gasteiger partial charge in [-0.1, -0.05) is 13.3 Å². The minimum atomic E-state index is 0.0358. The molecule has 0 aliphatic heterocycles. The summed E-state index contributed by atoms with van der Waals surface area (Å²) in [7, 11) is 0. The number of hydrogen-bond donors (Lipinski definition) is 1. The smallest absolute Gasteiger partial charge is 0.107 e. The van der Waals surface area contributed by atoms with Crippen LogP contribution in [0.3, 0.4) is 0 Å². The van der Waals surface area contributed by atoms with E-state index in [1.807, 2.05) is 5.38 Å². The third-order valence-corrected chi connectivity index (χ3v) is 2.65. The van der Waals surface area contributed by atoms with Crippen molar-refractivity contribution in [3.63, 3.8) is 0 Å². The van der Waals surface area contributed by atoms with Gasteiger partial charge in [0, 0.05) is 11.4 Å². The molecule has 0 bridgehead atoms. The molecule has 1 atom stereocenters. The van der Waals surface area contributed by atoms with E-state index in [1.165, 1.54) is 11.3 Å². The van der Waals surface area contributed by atoms with Crippen molar-refractivity contribution >= 4 is 11.3 Å². The van der Waals surface area contributed by atoms with Gasteiger partial charge in [0.05, 0.1) is 18.2 Å². The molecule has 70 valence electrons. The fourth-order valence-corrected chi connectivity index (χ4v) is 1.89. The van der Waals surface area contributed by atoms with E-state index < -0.39 is 0 Å². The number of nitriles is 1. The molecule has 1 aromatic rings. The lowest BCUT2D eigenvalue weighted by molar-refractivity contribution is 0.624. The molecular formula is C9H13N3S. The Hall–Kier alpha value is -0.920. The zero-order valence-corrected chi connectivity index (χ0v) is 8.47. The van der Waals surface area contributed by atoms with E-state index in [0.717, 1.165) is 23.5 Å². The largest absolute Gasteiger partial charge is 0.323 e. The van der Waals surface area contributed by atoms with Crippen LogP contribution < -0.4 is 5.73 Å². The van der Waals surface area contributed by atoms with Crippen LogP contribution in [0, 0.1) is 11.3 Å². The molecular weight excluding hydrogens is 182 g/mol. The average molecular weight is 195 g/mol. The lowest BCUT2D eigenvalue weighted by Crippen LogP contribution is -2.10. The highest BCUT2D eigenvalue weighted by molar-refractivity contribution is 7.09. The van der Waals surface area contributed by atoms with Crippen LogP contribution in [-0.2, 0) is 6.42 Å². The molecule has 2 N–H and O–H groups in total. The molecule has 1 rings (SSSR count). The zero-order valence-electron chi connectivity index (χ0n) is 7.66. The molecule has 0 aliphatic rings. The Labute approximate surface area is 82.2 Å². The first kappa shape index (κ1) is 10.2. The fourth-order valence-electron chi connectivity index (χ4n) is 1.10. The Morgan fingerprint density at radius 2 is 2.54 bits per heavy atom. The third kappa shape index (κ3) is 2.79. The molecule has 0 fully saturated rings. The zero-order chi connectivity index (χ0) is 9.68. The molecule has 0 aliphatic carbocycles. The Morgan fingerprint density at radius 1 is 1.77 bits per heavy atom. The second kappa shape index (κ2) is 4.95. The Bertz CT molecular complexity index is 300. The van der Waals surface area contributed by atoms with E-state index in [-0.39, 0.29) is 6.04 Å². The standard InChI is InChI=1S/C9H13N3S/c1-2-3-7(11)8-6-13-9(12-8)4-5-10/h6-7H,2-4,11H2,1H3. The number of hydrogen-bond acceptors (Lipinski definition) is 4. The van der Waals surface area contributed by atoms with Crippen molar-refractivity contribution in [2.75, 3.05) is 0 Å². The first-order valence-corrected chi connectivity index (χ1v) is 5.22. The topological polar surface area (TPSA) is 62.7 Å². The van der Waals surface area contributed by atoms with Crippen molar-refractivity contribution in [2.45, 2.75) is 32.2 Å². The Kier molecular flexibility index (Phi) is 3.87. The van der Waals surface area contributed by atoms with Crippen molar-refractivity contribution in [1.29, 1.82) is 5.26 Å². The van der Waals surface area contributed by atoms with Crippen molar-refractivity contribution < 1.29 is 0 Å². The lowest BCUT2D eigenvalue weighted by atomic mass is 10.1. The van der Waals surface area contributed by atoms with Gasteiger partial charge < -0.3 is 5.73 Å². The van der Waals surface area contributed by atoms with Gasteiger partial charge >= 0.3 is 0 Å². The number of nitrogens with two attached hydrogens (primary N) is 1. The molecule has 0 aromatic carbocycles. The molecule has 0 amide bonds. The van der Waals surface area contributed by atoms with E-state index in [9.17, 15) is 0 Å². The van der Waals surface area contributed by atoms with Crippen molar-refractivity contribution in [3.05, 3.63) is 16.1 Å². The van der Waals surface area contributed by atoms with Gasteiger partial charge in [-0.15, -0.1) is 11.3 Å². The van der Waals surface area contributed by atoms with Gasteiger partial charge in [0.25, 0.3) is 0 Å². The Balaban J connectivity index is 2.63. The van der Waals surface area contributed by atoms with Crippen LogP contribution in [0.4, 0.5) is 0 Å². The maximum Gasteiger partial charge on any atom is 0.107 e. The van der Waals surface area contributed by atoms with Crippen LogP contribution in [-0.4, -0.2) is 4.98 Å². The minimum absolute atomic E-state index is 0.0358. The molecule has 0 saturated carbocycles.